The first-order valence-electron chi connectivity index (χ1n) is 11.3. The number of ether oxygens (including phenoxy) is 1. The number of benzene rings is 2. The molecule has 0 saturated heterocycles. The average molecular weight is 475 g/mol. The summed E-state index contributed by atoms with van der Waals surface area (Å²) >= 11 is 0. The van der Waals surface area contributed by atoms with Crippen molar-refractivity contribution in [3.63, 3.8) is 0 Å². The lowest BCUT2D eigenvalue weighted by Gasteiger charge is -2.22. The second-order valence-corrected chi connectivity index (χ2v) is 7.80. The van der Waals surface area contributed by atoms with E-state index in [1.54, 1.807) is 61.7 Å². The predicted molar refractivity (Wildman–Crippen MR) is 136 cm³/mol. The Balaban J connectivity index is 1.72. The normalized spacial score (nSPS) is 11.4. The first kappa shape index (κ1) is 25.4. The first-order chi connectivity index (χ1) is 16.9. The number of carbonyl (C=O) groups excluding carboxylic acids is 2. The lowest BCUT2D eigenvalue weighted by Crippen LogP contribution is -2.34. The Morgan fingerprint density at radius 3 is 2.51 bits per heavy atom. The molecule has 3 rings (SSSR count). The third kappa shape index (κ3) is 7.12. The fourth-order valence-electron chi connectivity index (χ4n) is 3.44. The van der Waals surface area contributed by atoms with Gasteiger partial charge in [-0.25, -0.2) is 4.98 Å². The highest BCUT2D eigenvalue weighted by atomic mass is 16.5. The number of anilines is 2. The van der Waals surface area contributed by atoms with Crippen molar-refractivity contribution in [1.82, 2.24) is 4.98 Å². The number of pyridine rings is 1. The van der Waals surface area contributed by atoms with E-state index in [2.05, 4.69) is 10.3 Å². The second kappa shape index (κ2) is 12.3. The van der Waals surface area contributed by atoms with Crippen LogP contribution in [0.5, 0.6) is 0 Å². The molecule has 3 aromatic rings. The number of esters is 1. The van der Waals surface area contributed by atoms with Crippen LogP contribution in [0.25, 0.3) is 0 Å². The number of rotatable bonds is 11. The second-order valence-electron chi connectivity index (χ2n) is 7.80. The van der Waals surface area contributed by atoms with Crippen molar-refractivity contribution in [2.24, 2.45) is 11.5 Å². The van der Waals surface area contributed by atoms with Crippen LogP contribution < -0.4 is 21.7 Å². The number of carbonyl (C=O) groups is 2. The van der Waals surface area contributed by atoms with E-state index in [1.807, 2.05) is 18.2 Å². The monoisotopic (exact) mass is 474 g/mol. The number of nitrogens with zero attached hydrogens (tertiary/aromatic N) is 2. The molecule has 1 amide bonds. The van der Waals surface area contributed by atoms with E-state index in [9.17, 15) is 9.59 Å². The van der Waals surface area contributed by atoms with E-state index >= 15 is 0 Å². The Morgan fingerprint density at radius 1 is 1.09 bits per heavy atom. The van der Waals surface area contributed by atoms with Gasteiger partial charge in [-0.1, -0.05) is 18.2 Å². The Hall–Kier alpha value is -4.24. The molecule has 0 fully saturated rings. The molecular formula is C26H30N6O3. The molecule has 0 bridgehead atoms. The molecule has 0 radical (unpaired) electrons. The average Bonchev–Trinajstić information content (AvgIpc) is 2.88. The third-order valence-electron chi connectivity index (χ3n) is 5.30. The van der Waals surface area contributed by atoms with Crippen LogP contribution >= 0.6 is 0 Å². The molecule has 0 saturated carbocycles. The maximum atomic E-state index is 13.4. The van der Waals surface area contributed by atoms with Crippen molar-refractivity contribution in [3.8, 4) is 0 Å². The van der Waals surface area contributed by atoms with Gasteiger partial charge in [0, 0.05) is 42.1 Å². The smallest absolute Gasteiger partial charge is 0.307 e. The Bertz CT molecular complexity index is 1150. The minimum Gasteiger partial charge on any atom is -0.466 e. The largest absolute Gasteiger partial charge is 0.466 e. The molecule has 2 aromatic carbocycles. The molecule has 0 aliphatic carbocycles. The molecule has 9 nitrogen and oxygen atoms in total. The van der Waals surface area contributed by atoms with Crippen LogP contribution in [-0.2, 0) is 9.53 Å². The van der Waals surface area contributed by atoms with Gasteiger partial charge in [-0.2, -0.15) is 0 Å². The molecule has 0 spiro atoms. The van der Waals surface area contributed by atoms with Crippen LogP contribution in [0, 0.1) is 5.41 Å². The molecule has 6 N–H and O–H groups in total. The number of amidine groups is 1. The number of amides is 1. The highest BCUT2D eigenvalue weighted by molar-refractivity contribution is 6.06. The Kier molecular flexibility index (Phi) is 8.91. The molecule has 1 heterocycles. The summed E-state index contributed by atoms with van der Waals surface area (Å²) in [5, 5.41) is 10.7. The standard InChI is InChI=1S/C26H30N6O3/c1-2-35-24(33)13-15-32(23-8-3-4-14-30-23)26(34)20-7-5-6-19(16-20)22(27)17-31-21-11-9-18(10-12-21)25(28)29/h3-12,14,16,22,31H,2,13,15,17,27H2,1H3,(H3,28,29). The van der Waals surface area contributed by atoms with Crippen LogP contribution in [0.1, 0.15) is 40.9 Å². The summed E-state index contributed by atoms with van der Waals surface area (Å²) in [5.41, 5.74) is 14.6. The summed E-state index contributed by atoms with van der Waals surface area (Å²) in [6.45, 7) is 2.60. The van der Waals surface area contributed by atoms with Crippen LogP contribution in [0.4, 0.5) is 11.5 Å². The maximum absolute atomic E-state index is 13.4. The fourth-order valence-corrected chi connectivity index (χ4v) is 3.44. The molecule has 1 unspecified atom stereocenters. The minimum absolute atomic E-state index is 0.0109. The van der Waals surface area contributed by atoms with Crippen molar-refractivity contribution < 1.29 is 14.3 Å². The van der Waals surface area contributed by atoms with Gasteiger partial charge in [-0.3, -0.25) is 19.9 Å². The zero-order valence-corrected chi connectivity index (χ0v) is 19.6. The SMILES string of the molecule is CCOC(=O)CCN(C(=O)c1cccc(C(N)CNc2ccc(C(=N)N)cc2)c1)c1ccccn1. The van der Waals surface area contributed by atoms with Crippen molar-refractivity contribution in [2.75, 3.05) is 29.9 Å². The van der Waals surface area contributed by atoms with Gasteiger partial charge in [0.15, 0.2) is 0 Å². The van der Waals surface area contributed by atoms with E-state index in [4.69, 9.17) is 21.6 Å². The van der Waals surface area contributed by atoms with E-state index in [0.29, 0.717) is 23.5 Å². The van der Waals surface area contributed by atoms with E-state index in [-0.39, 0.29) is 43.3 Å². The molecule has 1 aromatic heterocycles. The summed E-state index contributed by atoms with van der Waals surface area (Å²) < 4.78 is 5.01. The number of nitrogens with two attached hydrogens (primary N) is 2. The van der Waals surface area contributed by atoms with E-state index in [1.165, 1.54) is 4.90 Å². The van der Waals surface area contributed by atoms with E-state index in [0.717, 1.165) is 11.3 Å². The molecule has 9 heteroatoms. The number of aromatic nitrogens is 1. The summed E-state index contributed by atoms with van der Waals surface area (Å²) in [6, 6.07) is 19.2. The molecule has 0 aliphatic heterocycles. The number of nitrogen functional groups attached to an aromatic ring is 1. The van der Waals surface area contributed by atoms with Gasteiger partial charge in [-0.15, -0.1) is 0 Å². The molecule has 35 heavy (non-hydrogen) atoms. The molecule has 1 atom stereocenters. The summed E-state index contributed by atoms with van der Waals surface area (Å²) in [6.07, 6.45) is 1.66. The van der Waals surface area contributed by atoms with Gasteiger partial charge >= 0.3 is 5.97 Å². The third-order valence-corrected chi connectivity index (χ3v) is 5.30. The lowest BCUT2D eigenvalue weighted by molar-refractivity contribution is -0.142. The van der Waals surface area contributed by atoms with Gasteiger partial charge in [0.1, 0.15) is 11.7 Å². The zero-order chi connectivity index (χ0) is 25.2. The van der Waals surface area contributed by atoms with Gasteiger partial charge in [0.2, 0.25) is 0 Å². The topological polar surface area (TPSA) is 147 Å². The van der Waals surface area contributed by atoms with Crippen molar-refractivity contribution >= 4 is 29.2 Å². The maximum Gasteiger partial charge on any atom is 0.307 e. The van der Waals surface area contributed by atoms with Crippen LogP contribution in [-0.4, -0.2) is 42.4 Å². The molecule has 0 aliphatic rings. The Labute approximate surface area is 204 Å². The summed E-state index contributed by atoms with van der Waals surface area (Å²) in [5.74, 6) is -0.196. The Morgan fingerprint density at radius 2 is 1.86 bits per heavy atom. The van der Waals surface area contributed by atoms with Gasteiger partial charge in [0.25, 0.3) is 5.91 Å². The number of hydrogen-bond donors (Lipinski definition) is 4. The zero-order valence-electron chi connectivity index (χ0n) is 19.6. The first-order valence-corrected chi connectivity index (χ1v) is 11.3. The molecular weight excluding hydrogens is 444 g/mol. The van der Waals surface area contributed by atoms with Crippen LogP contribution in [0.2, 0.25) is 0 Å². The van der Waals surface area contributed by atoms with Crippen molar-refractivity contribution in [2.45, 2.75) is 19.4 Å². The lowest BCUT2D eigenvalue weighted by atomic mass is 10.0. The summed E-state index contributed by atoms with van der Waals surface area (Å²) in [7, 11) is 0. The molecule has 182 valence electrons. The van der Waals surface area contributed by atoms with Gasteiger partial charge in [0.05, 0.1) is 13.0 Å². The van der Waals surface area contributed by atoms with Crippen molar-refractivity contribution in [1.29, 1.82) is 5.41 Å². The van der Waals surface area contributed by atoms with Gasteiger partial charge in [-0.05, 0) is 61.0 Å². The minimum atomic E-state index is -0.377. The number of hydrogen-bond acceptors (Lipinski definition) is 7. The highest BCUT2D eigenvalue weighted by Crippen LogP contribution is 2.19. The van der Waals surface area contributed by atoms with Crippen LogP contribution in [0.15, 0.2) is 72.9 Å². The van der Waals surface area contributed by atoms with E-state index < -0.39 is 0 Å². The van der Waals surface area contributed by atoms with Crippen LogP contribution in [0.3, 0.4) is 0 Å². The predicted octanol–water partition coefficient (Wildman–Crippen LogP) is 3.08. The highest BCUT2D eigenvalue weighted by Gasteiger charge is 2.21. The van der Waals surface area contributed by atoms with Crippen molar-refractivity contribution in [3.05, 3.63) is 89.6 Å². The van der Waals surface area contributed by atoms with Gasteiger partial charge < -0.3 is 21.5 Å². The fraction of sp³-hybridized carbons (Fsp3) is 0.231. The quantitative estimate of drug-likeness (QED) is 0.190. The number of nitrogens with one attached hydrogen (secondary N) is 2. The summed E-state index contributed by atoms with van der Waals surface area (Å²) in [4.78, 5) is 31.1.